The lowest BCUT2D eigenvalue weighted by Crippen LogP contribution is -2.10. The van der Waals surface area contributed by atoms with Crippen LogP contribution >= 0.6 is 23.1 Å². The summed E-state index contributed by atoms with van der Waals surface area (Å²) in [6.07, 6.45) is 0. The lowest BCUT2D eigenvalue weighted by Gasteiger charge is -1.97. The third-order valence-electron chi connectivity index (χ3n) is 3.61. The average Bonchev–Trinajstić information content (AvgIpc) is 3.21. The average molecular weight is 369 g/mol. The smallest absolute Gasteiger partial charge is 0.293 e. The molecule has 2 aromatic carbocycles. The summed E-state index contributed by atoms with van der Waals surface area (Å²) < 4.78 is 6.55. The number of nitrogens with zero attached hydrogens (tertiary/aromatic N) is 2. The Morgan fingerprint density at radius 3 is 2.84 bits per heavy atom. The first-order chi connectivity index (χ1) is 12.1. The molecular weight excluding hydrogens is 354 g/mol. The minimum Gasteiger partial charge on any atom is -0.451 e. The van der Waals surface area contributed by atoms with Crippen molar-refractivity contribution in [3.05, 3.63) is 48.2 Å². The van der Waals surface area contributed by atoms with Crippen LogP contribution in [0.2, 0.25) is 0 Å². The molecule has 5 nitrogen and oxygen atoms in total. The number of hydrogen-bond acceptors (Lipinski definition) is 6. The highest BCUT2D eigenvalue weighted by molar-refractivity contribution is 8.01. The molecule has 2 heterocycles. The number of anilines is 1. The zero-order valence-electron chi connectivity index (χ0n) is 13.6. The largest absolute Gasteiger partial charge is 0.451 e. The van der Waals surface area contributed by atoms with Crippen molar-refractivity contribution in [2.24, 2.45) is 0 Å². The van der Waals surface area contributed by atoms with Gasteiger partial charge in [-0.3, -0.25) is 10.1 Å². The van der Waals surface area contributed by atoms with Crippen LogP contribution in [0.5, 0.6) is 0 Å². The molecule has 0 aliphatic heterocycles. The van der Waals surface area contributed by atoms with Gasteiger partial charge in [0, 0.05) is 10.6 Å². The van der Waals surface area contributed by atoms with Crippen molar-refractivity contribution >= 4 is 55.9 Å². The fourth-order valence-corrected chi connectivity index (χ4v) is 4.54. The summed E-state index contributed by atoms with van der Waals surface area (Å²) in [5.41, 5.74) is 0.692. The Kier molecular flexibility index (Phi) is 4.19. The summed E-state index contributed by atoms with van der Waals surface area (Å²) in [7, 11) is 0. The molecule has 25 heavy (non-hydrogen) atoms. The first-order valence-corrected chi connectivity index (χ1v) is 9.52. The summed E-state index contributed by atoms with van der Waals surface area (Å²) >= 11 is 2.98. The second-order valence-electron chi connectivity index (χ2n) is 5.80. The molecule has 0 aliphatic rings. The van der Waals surface area contributed by atoms with Crippen LogP contribution in [0.4, 0.5) is 5.13 Å². The molecule has 0 fully saturated rings. The van der Waals surface area contributed by atoms with E-state index in [4.69, 9.17) is 4.42 Å². The van der Waals surface area contributed by atoms with Crippen LogP contribution in [0, 0.1) is 0 Å². The minimum atomic E-state index is -0.322. The molecule has 1 N–H and O–H groups in total. The standard InChI is InChI=1S/C18H15N3O2S2/c1-10(2)24-18-21-20-17(25-18)19-16(22)15-9-13-12-6-4-3-5-11(12)7-8-14(13)23-15/h3-10H,1-2H3,(H,19,20,22). The van der Waals surface area contributed by atoms with E-state index in [2.05, 4.69) is 29.4 Å². The predicted octanol–water partition coefficient (Wildman–Crippen LogP) is 5.19. The van der Waals surface area contributed by atoms with Gasteiger partial charge in [-0.05, 0) is 22.9 Å². The quantitative estimate of drug-likeness (QED) is 0.396. The first kappa shape index (κ1) is 16.1. The Morgan fingerprint density at radius 1 is 1.16 bits per heavy atom. The fraction of sp³-hybridized carbons (Fsp3) is 0.167. The van der Waals surface area contributed by atoms with E-state index in [0.717, 1.165) is 20.5 Å². The SMILES string of the molecule is CC(C)Sc1nnc(NC(=O)c2cc3c(ccc4ccccc43)o2)s1. The van der Waals surface area contributed by atoms with Crippen LogP contribution in [0.1, 0.15) is 24.4 Å². The van der Waals surface area contributed by atoms with E-state index in [-0.39, 0.29) is 11.7 Å². The number of benzene rings is 2. The van der Waals surface area contributed by atoms with Gasteiger partial charge in [0.25, 0.3) is 5.91 Å². The maximum absolute atomic E-state index is 12.5. The second-order valence-corrected chi connectivity index (χ2v) is 8.60. The summed E-state index contributed by atoms with van der Waals surface area (Å²) in [5.74, 6) is -0.0582. The Hall–Kier alpha value is -2.38. The highest BCUT2D eigenvalue weighted by Gasteiger charge is 2.16. The number of hydrogen-bond donors (Lipinski definition) is 1. The number of nitrogens with one attached hydrogen (secondary N) is 1. The monoisotopic (exact) mass is 369 g/mol. The maximum atomic E-state index is 12.5. The van der Waals surface area contributed by atoms with Gasteiger partial charge in [0.05, 0.1) is 0 Å². The van der Waals surface area contributed by atoms with Gasteiger partial charge in [-0.2, -0.15) is 0 Å². The Balaban J connectivity index is 1.62. The van der Waals surface area contributed by atoms with Crippen molar-refractivity contribution in [2.45, 2.75) is 23.4 Å². The number of carbonyl (C=O) groups excluding carboxylic acids is 1. The third kappa shape index (κ3) is 3.25. The lowest BCUT2D eigenvalue weighted by atomic mass is 10.1. The number of rotatable bonds is 4. The van der Waals surface area contributed by atoms with Crippen molar-refractivity contribution in [1.29, 1.82) is 0 Å². The van der Waals surface area contributed by atoms with Gasteiger partial charge in [0.15, 0.2) is 10.1 Å². The molecule has 0 saturated heterocycles. The molecule has 0 atom stereocenters. The van der Waals surface area contributed by atoms with Gasteiger partial charge in [-0.25, -0.2) is 0 Å². The minimum absolute atomic E-state index is 0.264. The number of fused-ring (bicyclic) bond motifs is 3. The van der Waals surface area contributed by atoms with E-state index >= 15 is 0 Å². The number of amides is 1. The van der Waals surface area contributed by atoms with Gasteiger partial charge >= 0.3 is 0 Å². The normalized spacial score (nSPS) is 11.5. The summed E-state index contributed by atoms with van der Waals surface area (Å²) in [5, 5.41) is 14.8. The molecule has 0 saturated carbocycles. The molecule has 0 unspecified atom stereocenters. The zero-order valence-corrected chi connectivity index (χ0v) is 15.3. The zero-order chi connectivity index (χ0) is 17.4. The van der Waals surface area contributed by atoms with Crippen LogP contribution in [0.25, 0.3) is 21.7 Å². The van der Waals surface area contributed by atoms with Crippen LogP contribution in [0.15, 0.2) is 51.2 Å². The molecule has 2 aromatic heterocycles. The highest BCUT2D eigenvalue weighted by Crippen LogP contribution is 2.30. The van der Waals surface area contributed by atoms with Crippen molar-refractivity contribution in [3.8, 4) is 0 Å². The predicted molar refractivity (Wildman–Crippen MR) is 103 cm³/mol. The Morgan fingerprint density at radius 2 is 2.00 bits per heavy atom. The number of furan rings is 1. The third-order valence-corrected chi connectivity index (χ3v) is 5.54. The highest BCUT2D eigenvalue weighted by atomic mass is 32.2. The molecule has 1 amide bonds. The van der Waals surface area contributed by atoms with Crippen molar-refractivity contribution < 1.29 is 9.21 Å². The van der Waals surface area contributed by atoms with Crippen LogP contribution in [-0.4, -0.2) is 21.4 Å². The van der Waals surface area contributed by atoms with Crippen LogP contribution in [0.3, 0.4) is 0 Å². The molecule has 4 aromatic rings. The summed E-state index contributed by atoms with van der Waals surface area (Å²) in [6, 6.07) is 13.7. The number of thioether (sulfide) groups is 1. The van der Waals surface area contributed by atoms with E-state index in [0.29, 0.717) is 16.0 Å². The number of carbonyl (C=O) groups is 1. The van der Waals surface area contributed by atoms with Crippen molar-refractivity contribution in [3.63, 3.8) is 0 Å². The topological polar surface area (TPSA) is 68.0 Å². The van der Waals surface area contributed by atoms with Crippen LogP contribution in [-0.2, 0) is 0 Å². The summed E-state index contributed by atoms with van der Waals surface area (Å²) in [4.78, 5) is 12.5. The molecule has 126 valence electrons. The molecule has 0 radical (unpaired) electrons. The van der Waals surface area contributed by atoms with Gasteiger partial charge in [-0.1, -0.05) is 67.3 Å². The van der Waals surface area contributed by atoms with E-state index in [1.54, 1.807) is 17.8 Å². The lowest BCUT2D eigenvalue weighted by molar-refractivity contribution is 0.0998. The second kappa shape index (κ2) is 6.50. The molecule has 0 spiro atoms. The molecule has 4 rings (SSSR count). The van der Waals surface area contributed by atoms with Gasteiger partial charge in [0.2, 0.25) is 5.13 Å². The summed E-state index contributed by atoms with van der Waals surface area (Å²) in [6.45, 7) is 4.17. The molecule has 0 aliphatic carbocycles. The van der Waals surface area contributed by atoms with Crippen molar-refractivity contribution in [2.75, 3.05) is 5.32 Å². The van der Waals surface area contributed by atoms with Gasteiger partial charge < -0.3 is 4.42 Å². The van der Waals surface area contributed by atoms with E-state index in [1.165, 1.54) is 11.3 Å². The van der Waals surface area contributed by atoms with Gasteiger partial charge in [0.1, 0.15) is 5.58 Å². The molecular formula is C18H15N3O2S2. The number of aromatic nitrogens is 2. The van der Waals surface area contributed by atoms with Gasteiger partial charge in [-0.15, -0.1) is 10.2 Å². The maximum Gasteiger partial charge on any atom is 0.293 e. The van der Waals surface area contributed by atoms with Crippen LogP contribution < -0.4 is 5.32 Å². The molecule has 0 bridgehead atoms. The van der Waals surface area contributed by atoms with E-state index < -0.39 is 0 Å². The first-order valence-electron chi connectivity index (χ1n) is 7.83. The van der Waals surface area contributed by atoms with E-state index in [1.807, 2.05) is 36.4 Å². The molecule has 7 heteroatoms. The van der Waals surface area contributed by atoms with Crippen molar-refractivity contribution in [1.82, 2.24) is 10.2 Å². The Bertz CT molecular complexity index is 1070. The van der Waals surface area contributed by atoms with E-state index in [9.17, 15) is 4.79 Å². The Labute approximate surface area is 152 Å². The fourth-order valence-electron chi connectivity index (χ4n) is 2.57.